The van der Waals surface area contributed by atoms with Crippen LogP contribution in [0.1, 0.15) is 18.1 Å². The summed E-state index contributed by atoms with van der Waals surface area (Å²) in [5, 5.41) is 9.90. The SMILES string of the molecule is COC(=O)[C@@](C)(O)c1cccc(C)c1. The van der Waals surface area contributed by atoms with Gasteiger partial charge in [-0.25, -0.2) is 4.79 Å². The van der Waals surface area contributed by atoms with Crippen LogP contribution in [-0.2, 0) is 15.1 Å². The largest absolute Gasteiger partial charge is 0.467 e. The zero-order chi connectivity index (χ0) is 10.8. The van der Waals surface area contributed by atoms with E-state index < -0.39 is 11.6 Å². The highest BCUT2D eigenvalue weighted by molar-refractivity contribution is 5.80. The van der Waals surface area contributed by atoms with Gasteiger partial charge in [-0.05, 0) is 19.4 Å². The highest BCUT2D eigenvalue weighted by Gasteiger charge is 2.33. The van der Waals surface area contributed by atoms with Crippen molar-refractivity contribution in [2.24, 2.45) is 0 Å². The maximum absolute atomic E-state index is 11.3. The number of rotatable bonds is 2. The topological polar surface area (TPSA) is 46.5 Å². The van der Waals surface area contributed by atoms with Crippen LogP contribution in [0, 0.1) is 6.92 Å². The van der Waals surface area contributed by atoms with E-state index in [1.54, 1.807) is 18.2 Å². The highest BCUT2D eigenvalue weighted by atomic mass is 16.5. The molecule has 3 heteroatoms. The molecule has 0 aromatic heterocycles. The van der Waals surface area contributed by atoms with Gasteiger partial charge in [0.05, 0.1) is 7.11 Å². The molecule has 76 valence electrons. The molecule has 0 fully saturated rings. The van der Waals surface area contributed by atoms with E-state index in [1.807, 2.05) is 13.0 Å². The van der Waals surface area contributed by atoms with Crippen molar-refractivity contribution >= 4 is 5.97 Å². The first-order valence-electron chi connectivity index (χ1n) is 4.36. The number of ether oxygens (including phenoxy) is 1. The summed E-state index contributed by atoms with van der Waals surface area (Å²) in [5.41, 5.74) is -0.0307. The Morgan fingerprint density at radius 3 is 2.64 bits per heavy atom. The summed E-state index contributed by atoms with van der Waals surface area (Å²) in [7, 11) is 1.26. The van der Waals surface area contributed by atoms with Crippen LogP contribution in [0.2, 0.25) is 0 Å². The Bertz CT molecular complexity index is 342. The van der Waals surface area contributed by atoms with Crippen LogP contribution >= 0.6 is 0 Å². The number of hydrogen-bond donors (Lipinski definition) is 1. The van der Waals surface area contributed by atoms with Crippen molar-refractivity contribution in [1.29, 1.82) is 0 Å². The molecule has 1 atom stereocenters. The second-order valence-corrected chi connectivity index (χ2v) is 3.43. The minimum atomic E-state index is -1.57. The molecule has 0 bridgehead atoms. The van der Waals surface area contributed by atoms with Gasteiger partial charge in [0, 0.05) is 0 Å². The molecule has 1 aromatic carbocycles. The van der Waals surface area contributed by atoms with Crippen molar-refractivity contribution in [2.45, 2.75) is 19.4 Å². The van der Waals surface area contributed by atoms with Crippen LogP contribution in [0.3, 0.4) is 0 Å². The first kappa shape index (κ1) is 10.7. The van der Waals surface area contributed by atoms with Gasteiger partial charge in [0.2, 0.25) is 0 Å². The number of aliphatic hydroxyl groups is 1. The fourth-order valence-electron chi connectivity index (χ4n) is 1.26. The monoisotopic (exact) mass is 194 g/mol. The van der Waals surface area contributed by atoms with Crippen LogP contribution in [-0.4, -0.2) is 18.2 Å². The number of carbonyl (C=O) groups excluding carboxylic acids is 1. The maximum Gasteiger partial charge on any atom is 0.342 e. The van der Waals surface area contributed by atoms with Crippen molar-refractivity contribution in [3.8, 4) is 0 Å². The van der Waals surface area contributed by atoms with Crippen molar-refractivity contribution < 1.29 is 14.6 Å². The molecule has 1 rings (SSSR count). The minimum absolute atomic E-state index is 0.546. The van der Waals surface area contributed by atoms with Gasteiger partial charge >= 0.3 is 5.97 Å². The van der Waals surface area contributed by atoms with Gasteiger partial charge in [-0.1, -0.05) is 29.8 Å². The zero-order valence-electron chi connectivity index (χ0n) is 8.57. The molecule has 0 radical (unpaired) electrons. The normalized spacial score (nSPS) is 14.6. The molecule has 0 amide bonds. The summed E-state index contributed by atoms with van der Waals surface area (Å²) in [6.07, 6.45) is 0. The standard InChI is InChI=1S/C11H14O3/c1-8-5-4-6-9(7-8)11(2,13)10(12)14-3/h4-7,13H,1-3H3/t11-/m0/s1. The average Bonchev–Trinajstić information content (AvgIpc) is 2.16. The maximum atomic E-state index is 11.3. The van der Waals surface area contributed by atoms with Gasteiger partial charge in [0.1, 0.15) is 0 Å². The average molecular weight is 194 g/mol. The van der Waals surface area contributed by atoms with Crippen molar-refractivity contribution in [2.75, 3.05) is 7.11 Å². The molecule has 0 saturated heterocycles. The van der Waals surface area contributed by atoms with E-state index in [1.165, 1.54) is 14.0 Å². The van der Waals surface area contributed by atoms with Crippen LogP contribution in [0.5, 0.6) is 0 Å². The zero-order valence-corrected chi connectivity index (χ0v) is 8.57. The van der Waals surface area contributed by atoms with E-state index in [-0.39, 0.29) is 0 Å². The number of aryl methyl sites for hydroxylation is 1. The Morgan fingerprint density at radius 1 is 1.50 bits per heavy atom. The quantitative estimate of drug-likeness (QED) is 0.723. The van der Waals surface area contributed by atoms with Crippen molar-refractivity contribution in [3.63, 3.8) is 0 Å². The summed E-state index contributed by atoms with van der Waals surface area (Å²) in [5.74, 6) is -0.650. The summed E-state index contributed by atoms with van der Waals surface area (Å²) >= 11 is 0. The number of esters is 1. The molecule has 0 unspecified atom stereocenters. The smallest absolute Gasteiger partial charge is 0.342 e. The first-order valence-corrected chi connectivity index (χ1v) is 4.36. The summed E-state index contributed by atoms with van der Waals surface area (Å²) in [6.45, 7) is 3.32. The number of benzene rings is 1. The fraction of sp³-hybridized carbons (Fsp3) is 0.364. The first-order chi connectivity index (χ1) is 6.48. The van der Waals surface area contributed by atoms with Gasteiger partial charge in [-0.15, -0.1) is 0 Å². The molecule has 3 nitrogen and oxygen atoms in total. The third-order valence-electron chi connectivity index (χ3n) is 2.16. The fourth-order valence-corrected chi connectivity index (χ4v) is 1.26. The minimum Gasteiger partial charge on any atom is -0.467 e. The van der Waals surface area contributed by atoms with E-state index >= 15 is 0 Å². The highest BCUT2D eigenvalue weighted by Crippen LogP contribution is 2.22. The molecule has 0 heterocycles. The number of hydrogen-bond acceptors (Lipinski definition) is 3. The van der Waals surface area contributed by atoms with E-state index in [4.69, 9.17) is 0 Å². The Morgan fingerprint density at radius 2 is 2.14 bits per heavy atom. The lowest BCUT2D eigenvalue weighted by Crippen LogP contribution is -2.33. The molecule has 0 spiro atoms. The summed E-state index contributed by atoms with van der Waals surface area (Å²) in [6, 6.07) is 7.15. The Balaban J connectivity index is 3.09. The lowest BCUT2D eigenvalue weighted by molar-refractivity contribution is -0.161. The molecular weight excluding hydrogens is 180 g/mol. The van der Waals surface area contributed by atoms with E-state index in [2.05, 4.69) is 4.74 Å². The number of methoxy groups -OCH3 is 1. The van der Waals surface area contributed by atoms with Crippen LogP contribution in [0.25, 0.3) is 0 Å². The molecule has 0 aliphatic heterocycles. The Kier molecular flexibility index (Phi) is 2.91. The molecule has 1 aromatic rings. The van der Waals surface area contributed by atoms with Gasteiger partial charge in [-0.2, -0.15) is 0 Å². The predicted octanol–water partition coefficient (Wildman–Crippen LogP) is 1.38. The Hall–Kier alpha value is -1.35. The number of carbonyl (C=O) groups is 1. The summed E-state index contributed by atoms with van der Waals surface area (Å²) in [4.78, 5) is 11.3. The van der Waals surface area contributed by atoms with Gasteiger partial charge in [0.25, 0.3) is 0 Å². The summed E-state index contributed by atoms with van der Waals surface area (Å²) < 4.78 is 4.52. The third-order valence-corrected chi connectivity index (χ3v) is 2.16. The van der Waals surface area contributed by atoms with Gasteiger partial charge < -0.3 is 9.84 Å². The van der Waals surface area contributed by atoms with Gasteiger partial charge in [-0.3, -0.25) is 0 Å². The molecule has 0 saturated carbocycles. The van der Waals surface area contributed by atoms with Gasteiger partial charge in [0.15, 0.2) is 5.60 Å². The van der Waals surface area contributed by atoms with Crippen molar-refractivity contribution in [3.05, 3.63) is 35.4 Å². The second-order valence-electron chi connectivity index (χ2n) is 3.43. The van der Waals surface area contributed by atoms with Crippen LogP contribution < -0.4 is 0 Å². The lowest BCUT2D eigenvalue weighted by atomic mass is 9.95. The molecule has 1 N–H and O–H groups in total. The molecule has 0 aliphatic carbocycles. The van der Waals surface area contributed by atoms with E-state index in [0.29, 0.717) is 5.56 Å². The predicted molar refractivity (Wildman–Crippen MR) is 52.8 cm³/mol. The van der Waals surface area contributed by atoms with Crippen LogP contribution in [0.4, 0.5) is 0 Å². The lowest BCUT2D eigenvalue weighted by Gasteiger charge is -2.20. The Labute approximate surface area is 83.3 Å². The third kappa shape index (κ3) is 1.93. The van der Waals surface area contributed by atoms with E-state index in [0.717, 1.165) is 5.56 Å². The second kappa shape index (κ2) is 3.80. The molecular formula is C11H14O3. The van der Waals surface area contributed by atoms with E-state index in [9.17, 15) is 9.90 Å². The molecule has 0 aliphatic rings. The van der Waals surface area contributed by atoms with Crippen LogP contribution in [0.15, 0.2) is 24.3 Å². The molecule has 14 heavy (non-hydrogen) atoms. The van der Waals surface area contributed by atoms with Crippen molar-refractivity contribution in [1.82, 2.24) is 0 Å².